The lowest BCUT2D eigenvalue weighted by molar-refractivity contribution is 0.0466. The van der Waals surface area contributed by atoms with Gasteiger partial charge in [-0.15, -0.1) is 0 Å². The minimum Gasteiger partial charge on any atom is -0.376 e. The molecule has 0 radical (unpaired) electrons. The summed E-state index contributed by atoms with van der Waals surface area (Å²) in [5, 5.41) is 0. The van der Waals surface area contributed by atoms with Crippen molar-refractivity contribution >= 4 is 0 Å². The van der Waals surface area contributed by atoms with E-state index >= 15 is 0 Å². The average molecular weight is 356 g/mol. The molecule has 0 amide bonds. The summed E-state index contributed by atoms with van der Waals surface area (Å²) in [6.45, 7) is 8.16. The Labute approximate surface area is 157 Å². The van der Waals surface area contributed by atoms with Crippen molar-refractivity contribution in [3.05, 3.63) is 30.1 Å². The molecule has 0 aromatic carbocycles. The van der Waals surface area contributed by atoms with E-state index < -0.39 is 0 Å². The fourth-order valence-corrected chi connectivity index (χ4v) is 5.44. The van der Waals surface area contributed by atoms with E-state index in [0.717, 1.165) is 18.6 Å². The van der Waals surface area contributed by atoms with Gasteiger partial charge in [-0.3, -0.25) is 9.88 Å². The van der Waals surface area contributed by atoms with Crippen LogP contribution in [0.1, 0.15) is 44.1 Å². The molecule has 2 aliphatic heterocycles. The first kappa shape index (κ1) is 17.2. The molecule has 2 aliphatic carbocycles. The van der Waals surface area contributed by atoms with Crippen molar-refractivity contribution in [2.24, 2.45) is 17.3 Å². The third kappa shape index (κ3) is 3.56. The van der Waals surface area contributed by atoms with Gasteiger partial charge in [0.15, 0.2) is 0 Å². The monoisotopic (exact) mass is 355 g/mol. The Bertz CT molecular complexity index is 601. The molecule has 0 N–H and O–H groups in total. The van der Waals surface area contributed by atoms with Gasteiger partial charge in [0.1, 0.15) is 0 Å². The van der Waals surface area contributed by atoms with Crippen molar-refractivity contribution in [3.8, 4) is 0 Å². The molecule has 4 aliphatic rings. The van der Waals surface area contributed by atoms with Gasteiger partial charge in [-0.2, -0.15) is 0 Å². The molecule has 1 aromatic heterocycles. The number of pyridine rings is 1. The third-order valence-corrected chi connectivity index (χ3v) is 7.41. The maximum absolute atomic E-state index is 6.21. The Morgan fingerprint density at radius 3 is 2.85 bits per heavy atom. The van der Waals surface area contributed by atoms with Gasteiger partial charge in [0, 0.05) is 55.9 Å². The maximum atomic E-state index is 6.21. The van der Waals surface area contributed by atoms with E-state index in [0.29, 0.717) is 17.9 Å². The highest BCUT2D eigenvalue weighted by Gasteiger charge is 2.52. The molecule has 0 unspecified atom stereocenters. The molecule has 26 heavy (non-hydrogen) atoms. The van der Waals surface area contributed by atoms with Gasteiger partial charge >= 0.3 is 0 Å². The summed E-state index contributed by atoms with van der Waals surface area (Å²) in [5.74, 6) is 1.69. The fraction of sp³-hybridized carbons (Fsp3) is 0.773. The topological polar surface area (TPSA) is 28.6 Å². The largest absolute Gasteiger partial charge is 0.376 e. The first-order valence-corrected chi connectivity index (χ1v) is 10.7. The Hall–Kier alpha value is -0.970. The van der Waals surface area contributed by atoms with Gasteiger partial charge < -0.3 is 9.64 Å². The van der Waals surface area contributed by atoms with Crippen LogP contribution < -0.4 is 0 Å². The van der Waals surface area contributed by atoms with E-state index in [-0.39, 0.29) is 0 Å². The molecule has 0 bridgehead atoms. The van der Waals surface area contributed by atoms with Crippen LogP contribution in [0, 0.1) is 17.3 Å². The molecule has 3 heterocycles. The lowest BCUT2D eigenvalue weighted by Gasteiger charge is -2.37. The van der Waals surface area contributed by atoms with E-state index in [4.69, 9.17) is 4.74 Å². The summed E-state index contributed by atoms with van der Waals surface area (Å²) in [6.07, 6.45) is 12.4. The molecule has 2 saturated carbocycles. The van der Waals surface area contributed by atoms with Crippen molar-refractivity contribution in [2.75, 3.05) is 39.3 Å². The lowest BCUT2D eigenvalue weighted by Crippen LogP contribution is -2.42. The minimum atomic E-state index is 0.486. The highest BCUT2D eigenvalue weighted by molar-refractivity contribution is 5.07. The molecule has 5 rings (SSSR count). The molecule has 4 fully saturated rings. The van der Waals surface area contributed by atoms with Crippen LogP contribution in [-0.4, -0.2) is 60.2 Å². The van der Waals surface area contributed by atoms with Gasteiger partial charge in [-0.1, -0.05) is 12.5 Å². The van der Waals surface area contributed by atoms with E-state index in [1.807, 2.05) is 18.5 Å². The molecule has 2 atom stereocenters. The second-order valence-corrected chi connectivity index (χ2v) is 9.38. The SMILES string of the molecule is c1cncc(COC[C@H]2CN(CC3CC3)C[C@@]23CCN(C2CCC2)C3)c1. The van der Waals surface area contributed by atoms with Crippen LogP contribution >= 0.6 is 0 Å². The zero-order valence-electron chi connectivity index (χ0n) is 16.0. The van der Waals surface area contributed by atoms with Crippen LogP contribution in [0.2, 0.25) is 0 Å². The average Bonchev–Trinajstić information content (AvgIpc) is 3.23. The molecule has 1 spiro atoms. The van der Waals surface area contributed by atoms with E-state index in [9.17, 15) is 0 Å². The first-order valence-electron chi connectivity index (χ1n) is 10.7. The summed E-state index contributed by atoms with van der Waals surface area (Å²) in [6, 6.07) is 5.01. The van der Waals surface area contributed by atoms with Crippen LogP contribution in [0.5, 0.6) is 0 Å². The third-order valence-electron chi connectivity index (χ3n) is 7.41. The van der Waals surface area contributed by atoms with Crippen molar-refractivity contribution in [2.45, 2.75) is 51.2 Å². The van der Waals surface area contributed by atoms with Crippen LogP contribution in [0.4, 0.5) is 0 Å². The predicted molar refractivity (Wildman–Crippen MR) is 103 cm³/mol. The predicted octanol–water partition coefficient (Wildman–Crippen LogP) is 3.18. The summed E-state index contributed by atoms with van der Waals surface area (Å²) >= 11 is 0. The Morgan fingerprint density at radius 2 is 2.12 bits per heavy atom. The highest BCUT2D eigenvalue weighted by atomic mass is 16.5. The first-order chi connectivity index (χ1) is 12.8. The quantitative estimate of drug-likeness (QED) is 0.751. The number of hydrogen-bond acceptors (Lipinski definition) is 4. The van der Waals surface area contributed by atoms with Gasteiger partial charge in [0.2, 0.25) is 0 Å². The second kappa shape index (κ2) is 7.21. The van der Waals surface area contributed by atoms with Crippen molar-refractivity contribution in [1.29, 1.82) is 0 Å². The van der Waals surface area contributed by atoms with Gasteiger partial charge in [-0.25, -0.2) is 0 Å². The van der Waals surface area contributed by atoms with Crippen molar-refractivity contribution in [3.63, 3.8) is 0 Å². The van der Waals surface area contributed by atoms with Crippen LogP contribution in [0.25, 0.3) is 0 Å². The van der Waals surface area contributed by atoms with Gasteiger partial charge in [0.05, 0.1) is 13.2 Å². The van der Waals surface area contributed by atoms with Crippen LogP contribution in [0.15, 0.2) is 24.5 Å². The number of hydrogen-bond donors (Lipinski definition) is 0. The smallest absolute Gasteiger partial charge is 0.0731 e. The van der Waals surface area contributed by atoms with E-state index in [1.54, 1.807) is 0 Å². The number of ether oxygens (including phenoxy) is 1. The van der Waals surface area contributed by atoms with Crippen molar-refractivity contribution in [1.82, 2.24) is 14.8 Å². The van der Waals surface area contributed by atoms with Crippen molar-refractivity contribution < 1.29 is 4.74 Å². The van der Waals surface area contributed by atoms with Crippen LogP contribution in [-0.2, 0) is 11.3 Å². The Kier molecular flexibility index (Phi) is 4.76. The number of rotatable bonds is 7. The maximum Gasteiger partial charge on any atom is 0.0731 e. The molecule has 1 aromatic rings. The summed E-state index contributed by atoms with van der Waals surface area (Å²) < 4.78 is 6.21. The van der Waals surface area contributed by atoms with E-state index in [1.165, 1.54) is 76.8 Å². The van der Waals surface area contributed by atoms with Gasteiger partial charge in [0.25, 0.3) is 0 Å². The summed E-state index contributed by atoms with van der Waals surface area (Å²) in [7, 11) is 0. The number of aromatic nitrogens is 1. The lowest BCUT2D eigenvalue weighted by atomic mass is 9.77. The zero-order chi connectivity index (χ0) is 17.4. The Morgan fingerprint density at radius 1 is 1.19 bits per heavy atom. The molecular weight excluding hydrogens is 322 g/mol. The molecule has 2 saturated heterocycles. The van der Waals surface area contributed by atoms with Gasteiger partial charge in [-0.05, 0) is 56.2 Å². The molecule has 4 nitrogen and oxygen atoms in total. The van der Waals surface area contributed by atoms with Crippen LogP contribution in [0.3, 0.4) is 0 Å². The standard InChI is InChI=1S/C22H33N3O/c1-4-21(5-1)25-10-8-22(17-25)16-24(12-18-6-7-18)13-20(22)15-26-14-19-3-2-9-23-11-19/h2-3,9,11,18,20-21H,1,4-8,10,12-17H2/t20-,22-/m1/s1. The van der Waals surface area contributed by atoms with E-state index in [2.05, 4.69) is 20.9 Å². The zero-order valence-corrected chi connectivity index (χ0v) is 16.0. The second-order valence-electron chi connectivity index (χ2n) is 9.38. The summed E-state index contributed by atoms with van der Waals surface area (Å²) in [5.41, 5.74) is 1.68. The number of likely N-dealkylation sites (tertiary alicyclic amines) is 2. The normalized spacial score (nSPS) is 33.2. The molecule has 142 valence electrons. The molecular formula is C22H33N3O. The highest BCUT2D eigenvalue weighted by Crippen LogP contribution is 2.47. The minimum absolute atomic E-state index is 0.486. The summed E-state index contributed by atoms with van der Waals surface area (Å²) in [4.78, 5) is 9.80. The number of nitrogens with zero attached hydrogens (tertiary/aromatic N) is 3. The molecule has 4 heteroatoms. The Balaban J connectivity index is 1.22. The fourth-order valence-electron chi connectivity index (χ4n) is 5.44.